The van der Waals surface area contributed by atoms with E-state index in [9.17, 15) is 14.0 Å². The number of hydrogen-bond acceptors (Lipinski definition) is 6. The lowest BCUT2D eigenvalue weighted by atomic mass is 9.97. The molecule has 1 fully saturated rings. The maximum Gasteiger partial charge on any atom is 0.319 e. The molecule has 0 aliphatic carbocycles. The number of carbonyl (C=O) groups is 2. The highest BCUT2D eigenvalue weighted by Crippen LogP contribution is 2.21. The lowest BCUT2D eigenvalue weighted by Crippen LogP contribution is -2.44. The fourth-order valence-corrected chi connectivity index (χ4v) is 4.15. The molecule has 1 saturated heterocycles. The van der Waals surface area contributed by atoms with Crippen LogP contribution in [0, 0.1) is 11.7 Å². The van der Waals surface area contributed by atoms with Crippen LogP contribution in [-0.2, 0) is 11.2 Å². The van der Waals surface area contributed by atoms with Crippen LogP contribution in [-0.4, -0.2) is 53.2 Å². The number of piperidine rings is 1. The average Bonchev–Trinajstić information content (AvgIpc) is 3.36. The van der Waals surface area contributed by atoms with Gasteiger partial charge in [-0.3, -0.25) is 4.79 Å². The van der Waals surface area contributed by atoms with Gasteiger partial charge in [0.25, 0.3) is 0 Å². The van der Waals surface area contributed by atoms with E-state index >= 15 is 0 Å². The summed E-state index contributed by atoms with van der Waals surface area (Å²) in [4.78, 5) is 31.2. The van der Waals surface area contributed by atoms with E-state index < -0.39 is 11.8 Å². The van der Waals surface area contributed by atoms with Crippen molar-refractivity contribution in [2.24, 2.45) is 5.92 Å². The summed E-state index contributed by atoms with van der Waals surface area (Å²) in [6.45, 7) is 4.21. The summed E-state index contributed by atoms with van der Waals surface area (Å²) >= 11 is 0. The largest absolute Gasteiger partial charge is 0.494 e. The number of amides is 3. The van der Waals surface area contributed by atoms with E-state index in [2.05, 4.69) is 20.8 Å². The number of aryl methyl sites for hydroxylation is 1. The van der Waals surface area contributed by atoms with E-state index in [0.29, 0.717) is 50.1 Å². The molecule has 0 spiro atoms. The van der Waals surface area contributed by atoms with Crippen molar-refractivity contribution < 1.29 is 23.2 Å². The zero-order valence-corrected chi connectivity index (χ0v) is 20.2. The van der Waals surface area contributed by atoms with E-state index in [1.165, 1.54) is 18.2 Å². The SMILES string of the molecule is CCOc1ccc(-c2noc(CCC(=O)N3CCCC(CNC(=O)Nc4cccc(F)c4)C3)n2)cc1. The summed E-state index contributed by atoms with van der Waals surface area (Å²) in [5.74, 6) is 1.41. The van der Waals surface area contributed by atoms with Crippen LogP contribution < -0.4 is 15.4 Å². The molecular weight excluding hydrogens is 465 g/mol. The molecule has 36 heavy (non-hydrogen) atoms. The number of hydrogen-bond donors (Lipinski definition) is 2. The van der Waals surface area contributed by atoms with Crippen molar-refractivity contribution in [2.45, 2.75) is 32.6 Å². The highest BCUT2D eigenvalue weighted by Gasteiger charge is 2.24. The standard InChI is InChI=1S/C26H30FN5O4/c1-2-35-22-10-8-19(9-11-22)25-30-23(36-31-25)12-13-24(33)32-14-4-5-18(17-32)16-28-26(34)29-21-7-3-6-20(27)15-21/h3,6-11,15,18H,2,4-5,12-14,16-17H2,1H3,(H2,28,29,34). The molecule has 0 bridgehead atoms. The number of urea groups is 1. The van der Waals surface area contributed by atoms with Crippen LogP contribution in [0.4, 0.5) is 14.9 Å². The van der Waals surface area contributed by atoms with Gasteiger partial charge in [-0.1, -0.05) is 11.2 Å². The third kappa shape index (κ3) is 7.03. The quantitative estimate of drug-likeness (QED) is 0.459. The van der Waals surface area contributed by atoms with E-state index in [1.54, 1.807) is 6.07 Å². The number of aromatic nitrogens is 2. The van der Waals surface area contributed by atoms with Gasteiger partial charge in [0.15, 0.2) is 0 Å². The molecule has 0 radical (unpaired) electrons. The second kappa shape index (κ2) is 12.1. The first kappa shape index (κ1) is 25.2. The Morgan fingerprint density at radius 3 is 2.83 bits per heavy atom. The predicted octanol–water partition coefficient (Wildman–Crippen LogP) is 4.27. The molecule has 1 aromatic heterocycles. The Morgan fingerprint density at radius 2 is 2.06 bits per heavy atom. The van der Waals surface area contributed by atoms with Gasteiger partial charge in [0.2, 0.25) is 17.6 Å². The van der Waals surface area contributed by atoms with Crippen LogP contribution in [0.3, 0.4) is 0 Å². The molecule has 2 aromatic carbocycles. The lowest BCUT2D eigenvalue weighted by molar-refractivity contribution is -0.133. The number of carbonyl (C=O) groups excluding carboxylic acids is 2. The van der Waals surface area contributed by atoms with Gasteiger partial charge in [-0.15, -0.1) is 0 Å². The van der Waals surface area contributed by atoms with Gasteiger partial charge < -0.3 is 24.8 Å². The lowest BCUT2D eigenvalue weighted by Gasteiger charge is -2.33. The molecule has 2 heterocycles. The van der Waals surface area contributed by atoms with Gasteiger partial charge in [0.05, 0.1) is 6.61 Å². The summed E-state index contributed by atoms with van der Waals surface area (Å²) in [6.07, 6.45) is 2.41. The van der Waals surface area contributed by atoms with Crippen LogP contribution in [0.25, 0.3) is 11.4 Å². The highest BCUT2D eigenvalue weighted by atomic mass is 19.1. The molecular formula is C26H30FN5O4. The fourth-order valence-electron chi connectivity index (χ4n) is 4.15. The van der Waals surface area contributed by atoms with E-state index in [-0.39, 0.29) is 18.2 Å². The first-order valence-corrected chi connectivity index (χ1v) is 12.1. The van der Waals surface area contributed by atoms with Crippen LogP contribution in [0.2, 0.25) is 0 Å². The summed E-state index contributed by atoms with van der Waals surface area (Å²) in [7, 11) is 0. The molecule has 1 atom stereocenters. The summed E-state index contributed by atoms with van der Waals surface area (Å²) in [6, 6.07) is 12.8. The number of nitrogens with zero attached hydrogens (tertiary/aromatic N) is 3. The van der Waals surface area contributed by atoms with Crippen LogP contribution in [0.5, 0.6) is 5.75 Å². The molecule has 1 aliphatic rings. The Hall–Kier alpha value is -3.95. The second-order valence-corrected chi connectivity index (χ2v) is 8.66. The van der Waals surface area contributed by atoms with Crippen molar-refractivity contribution in [1.29, 1.82) is 0 Å². The number of anilines is 1. The van der Waals surface area contributed by atoms with Crippen molar-refractivity contribution in [3.63, 3.8) is 0 Å². The summed E-state index contributed by atoms with van der Waals surface area (Å²) in [5.41, 5.74) is 1.20. The minimum absolute atomic E-state index is 0.0183. The number of ether oxygens (including phenoxy) is 1. The van der Waals surface area contributed by atoms with Gasteiger partial charge in [-0.2, -0.15) is 4.98 Å². The van der Waals surface area contributed by atoms with Crippen molar-refractivity contribution in [3.8, 4) is 17.1 Å². The molecule has 1 unspecified atom stereocenters. The van der Waals surface area contributed by atoms with Crippen molar-refractivity contribution in [2.75, 3.05) is 31.6 Å². The second-order valence-electron chi connectivity index (χ2n) is 8.66. The van der Waals surface area contributed by atoms with Crippen molar-refractivity contribution in [3.05, 3.63) is 60.2 Å². The molecule has 3 aromatic rings. The number of nitrogens with one attached hydrogen (secondary N) is 2. The van der Waals surface area contributed by atoms with Crippen molar-refractivity contribution in [1.82, 2.24) is 20.4 Å². The molecule has 1 aliphatic heterocycles. The first-order valence-electron chi connectivity index (χ1n) is 12.1. The minimum atomic E-state index is -0.415. The Morgan fingerprint density at radius 1 is 1.22 bits per heavy atom. The summed E-state index contributed by atoms with van der Waals surface area (Å²) < 4.78 is 24.1. The van der Waals surface area contributed by atoms with Gasteiger partial charge in [0.1, 0.15) is 11.6 Å². The number of rotatable bonds is 9. The van der Waals surface area contributed by atoms with Crippen LogP contribution >= 0.6 is 0 Å². The zero-order chi connectivity index (χ0) is 25.3. The third-order valence-electron chi connectivity index (χ3n) is 5.95. The Kier molecular flexibility index (Phi) is 8.48. The normalized spacial score (nSPS) is 15.4. The molecule has 9 nitrogen and oxygen atoms in total. The number of halogens is 1. The van der Waals surface area contributed by atoms with E-state index in [1.807, 2.05) is 36.1 Å². The number of benzene rings is 2. The van der Waals surface area contributed by atoms with Gasteiger partial charge in [0, 0.05) is 43.7 Å². The maximum atomic E-state index is 13.3. The van der Waals surface area contributed by atoms with Gasteiger partial charge in [-0.05, 0) is 68.1 Å². The average molecular weight is 496 g/mol. The fraction of sp³-hybridized carbons (Fsp3) is 0.385. The molecule has 3 amide bonds. The van der Waals surface area contributed by atoms with E-state index in [0.717, 1.165) is 24.2 Å². The highest BCUT2D eigenvalue weighted by molar-refractivity contribution is 5.89. The van der Waals surface area contributed by atoms with E-state index in [4.69, 9.17) is 9.26 Å². The van der Waals surface area contributed by atoms with Gasteiger partial charge in [-0.25, -0.2) is 9.18 Å². The van der Waals surface area contributed by atoms with Crippen molar-refractivity contribution >= 4 is 17.6 Å². The Balaban J connectivity index is 1.21. The monoisotopic (exact) mass is 495 g/mol. The zero-order valence-electron chi connectivity index (χ0n) is 20.2. The molecule has 190 valence electrons. The number of likely N-dealkylation sites (tertiary alicyclic amines) is 1. The van der Waals surface area contributed by atoms with Gasteiger partial charge >= 0.3 is 6.03 Å². The predicted molar refractivity (Wildman–Crippen MR) is 132 cm³/mol. The van der Waals surface area contributed by atoms with Crippen LogP contribution in [0.1, 0.15) is 32.1 Å². The van der Waals surface area contributed by atoms with Crippen LogP contribution in [0.15, 0.2) is 53.1 Å². The first-order chi connectivity index (χ1) is 17.5. The molecule has 4 rings (SSSR count). The Labute approximate surface area is 209 Å². The smallest absolute Gasteiger partial charge is 0.319 e. The minimum Gasteiger partial charge on any atom is -0.494 e. The molecule has 10 heteroatoms. The molecule has 2 N–H and O–H groups in total. The topological polar surface area (TPSA) is 110 Å². The molecule has 0 saturated carbocycles. The third-order valence-corrected chi connectivity index (χ3v) is 5.95. The maximum absolute atomic E-state index is 13.3. The summed E-state index contributed by atoms with van der Waals surface area (Å²) in [5, 5.41) is 9.45. The Bertz CT molecular complexity index is 1170.